The van der Waals surface area contributed by atoms with Gasteiger partial charge in [0.25, 0.3) is 5.91 Å². The largest absolute Gasteiger partial charge is 0.497 e. The van der Waals surface area contributed by atoms with Gasteiger partial charge in [-0.05, 0) is 48.7 Å². The Balaban J connectivity index is 1.80. The Kier molecular flexibility index (Phi) is 5.66. The molecule has 5 heteroatoms. The second-order valence-electron chi connectivity index (χ2n) is 6.18. The SMILES string of the molecule is COc1cccc(C(=O)N(Cc2ccc(F)cc2)CC2CCCO2)c1. The standard InChI is InChI=1S/C20H22FNO3/c1-24-18-5-2-4-16(12-18)20(23)22(14-19-6-3-11-25-19)13-15-7-9-17(21)10-8-15/h2,4-5,7-10,12,19H,3,6,11,13-14H2,1H3. The van der Waals surface area contributed by atoms with Crippen molar-refractivity contribution >= 4 is 5.91 Å². The third-order valence-corrected chi connectivity index (χ3v) is 4.34. The number of ether oxygens (including phenoxy) is 2. The lowest BCUT2D eigenvalue weighted by molar-refractivity contribution is 0.0507. The van der Waals surface area contributed by atoms with Crippen LogP contribution in [0.4, 0.5) is 4.39 Å². The van der Waals surface area contributed by atoms with E-state index in [1.165, 1.54) is 12.1 Å². The molecule has 2 aromatic carbocycles. The summed E-state index contributed by atoms with van der Waals surface area (Å²) in [6.45, 7) is 1.67. The molecule has 1 amide bonds. The Bertz CT molecular complexity index is 711. The van der Waals surface area contributed by atoms with E-state index in [4.69, 9.17) is 9.47 Å². The van der Waals surface area contributed by atoms with Gasteiger partial charge in [-0.1, -0.05) is 18.2 Å². The molecule has 0 bridgehead atoms. The predicted molar refractivity (Wildman–Crippen MR) is 93.1 cm³/mol. The van der Waals surface area contributed by atoms with Crippen LogP contribution in [0.15, 0.2) is 48.5 Å². The minimum absolute atomic E-state index is 0.0509. The summed E-state index contributed by atoms with van der Waals surface area (Å²) in [4.78, 5) is 14.8. The van der Waals surface area contributed by atoms with E-state index in [-0.39, 0.29) is 17.8 Å². The van der Waals surface area contributed by atoms with Crippen LogP contribution in [0.1, 0.15) is 28.8 Å². The van der Waals surface area contributed by atoms with E-state index in [1.54, 1.807) is 48.4 Å². The number of halogens is 1. The van der Waals surface area contributed by atoms with Gasteiger partial charge in [0.05, 0.1) is 13.2 Å². The van der Waals surface area contributed by atoms with Gasteiger partial charge in [0.1, 0.15) is 11.6 Å². The Hall–Kier alpha value is -2.40. The maximum atomic E-state index is 13.1. The maximum absolute atomic E-state index is 13.1. The number of methoxy groups -OCH3 is 1. The van der Waals surface area contributed by atoms with Crippen LogP contribution in [0, 0.1) is 5.82 Å². The second-order valence-corrected chi connectivity index (χ2v) is 6.18. The van der Waals surface area contributed by atoms with Crippen molar-refractivity contribution in [3.8, 4) is 5.75 Å². The molecule has 1 aliphatic heterocycles. The maximum Gasteiger partial charge on any atom is 0.254 e. The molecule has 0 aliphatic carbocycles. The molecule has 0 N–H and O–H groups in total. The second kappa shape index (κ2) is 8.12. The number of nitrogens with zero attached hydrogens (tertiary/aromatic N) is 1. The highest BCUT2D eigenvalue weighted by molar-refractivity contribution is 5.94. The molecule has 1 fully saturated rings. The van der Waals surface area contributed by atoms with E-state index in [0.29, 0.717) is 24.4 Å². The first-order valence-corrected chi connectivity index (χ1v) is 8.45. The summed E-state index contributed by atoms with van der Waals surface area (Å²) in [5.41, 5.74) is 1.45. The zero-order chi connectivity index (χ0) is 17.6. The predicted octanol–water partition coefficient (Wildman–Crippen LogP) is 3.66. The highest BCUT2D eigenvalue weighted by atomic mass is 19.1. The monoisotopic (exact) mass is 343 g/mol. The highest BCUT2D eigenvalue weighted by Crippen LogP contribution is 2.19. The van der Waals surface area contributed by atoms with Crippen LogP contribution in [0.25, 0.3) is 0 Å². The summed E-state index contributed by atoms with van der Waals surface area (Å²) in [5, 5.41) is 0. The Morgan fingerprint density at radius 2 is 2.08 bits per heavy atom. The van der Waals surface area contributed by atoms with Crippen molar-refractivity contribution in [3.05, 3.63) is 65.5 Å². The van der Waals surface area contributed by atoms with E-state index < -0.39 is 0 Å². The minimum Gasteiger partial charge on any atom is -0.497 e. The average molecular weight is 343 g/mol. The van der Waals surface area contributed by atoms with Gasteiger partial charge >= 0.3 is 0 Å². The van der Waals surface area contributed by atoms with Crippen molar-refractivity contribution in [3.63, 3.8) is 0 Å². The molecule has 1 heterocycles. The van der Waals surface area contributed by atoms with Crippen LogP contribution in [0.5, 0.6) is 5.75 Å². The lowest BCUT2D eigenvalue weighted by atomic mass is 10.1. The fourth-order valence-electron chi connectivity index (χ4n) is 3.00. The quantitative estimate of drug-likeness (QED) is 0.803. The van der Waals surface area contributed by atoms with E-state index in [1.807, 2.05) is 0 Å². The summed E-state index contributed by atoms with van der Waals surface area (Å²) in [6.07, 6.45) is 2.02. The molecule has 1 atom stereocenters. The Morgan fingerprint density at radius 1 is 1.28 bits per heavy atom. The van der Waals surface area contributed by atoms with Crippen molar-refractivity contribution in [2.45, 2.75) is 25.5 Å². The summed E-state index contributed by atoms with van der Waals surface area (Å²) in [7, 11) is 1.58. The smallest absolute Gasteiger partial charge is 0.254 e. The van der Waals surface area contributed by atoms with Crippen molar-refractivity contribution in [2.75, 3.05) is 20.3 Å². The molecular weight excluding hydrogens is 321 g/mol. The summed E-state index contributed by atoms with van der Waals surface area (Å²) >= 11 is 0. The van der Waals surface area contributed by atoms with Gasteiger partial charge in [0, 0.05) is 25.3 Å². The lowest BCUT2D eigenvalue weighted by Gasteiger charge is -2.26. The highest BCUT2D eigenvalue weighted by Gasteiger charge is 2.24. The molecule has 1 aliphatic rings. The van der Waals surface area contributed by atoms with Gasteiger partial charge in [0.2, 0.25) is 0 Å². The molecule has 3 rings (SSSR count). The summed E-state index contributed by atoms with van der Waals surface area (Å²) in [5.74, 6) is 0.275. The topological polar surface area (TPSA) is 38.8 Å². The zero-order valence-electron chi connectivity index (χ0n) is 14.3. The Morgan fingerprint density at radius 3 is 2.76 bits per heavy atom. The summed E-state index contributed by atoms with van der Waals surface area (Å²) in [6, 6.07) is 13.3. The van der Waals surface area contributed by atoms with Gasteiger partial charge in [-0.2, -0.15) is 0 Å². The molecular formula is C20H22FNO3. The fourth-order valence-corrected chi connectivity index (χ4v) is 3.00. The molecule has 1 saturated heterocycles. The first-order chi connectivity index (χ1) is 12.2. The molecule has 25 heavy (non-hydrogen) atoms. The summed E-state index contributed by atoms with van der Waals surface area (Å²) < 4.78 is 24.0. The van der Waals surface area contributed by atoms with E-state index in [0.717, 1.165) is 25.0 Å². The Labute approximate surface area is 147 Å². The molecule has 0 spiro atoms. The molecule has 0 radical (unpaired) electrons. The number of rotatable bonds is 6. The van der Waals surface area contributed by atoms with Crippen molar-refractivity contribution in [1.29, 1.82) is 0 Å². The molecule has 0 aromatic heterocycles. The van der Waals surface area contributed by atoms with Crippen LogP contribution in [-0.4, -0.2) is 37.2 Å². The zero-order valence-corrected chi connectivity index (χ0v) is 14.3. The van der Waals surface area contributed by atoms with E-state index in [2.05, 4.69) is 0 Å². The van der Waals surface area contributed by atoms with Gasteiger partial charge in [-0.3, -0.25) is 4.79 Å². The molecule has 1 unspecified atom stereocenters. The third kappa shape index (κ3) is 4.57. The number of amides is 1. The van der Waals surface area contributed by atoms with E-state index in [9.17, 15) is 9.18 Å². The third-order valence-electron chi connectivity index (χ3n) is 4.34. The molecule has 2 aromatic rings. The van der Waals surface area contributed by atoms with Crippen LogP contribution in [0.2, 0.25) is 0 Å². The van der Waals surface area contributed by atoms with Crippen LogP contribution in [0.3, 0.4) is 0 Å². The van der Waals surface area contributed by atoms with Gasteiger partial charge in [-0.25, -0.2) is 4.39 Å². The van der Waals surface area contributed by atoms with Gasteiger partial charge in [0.15, 0.2) is 0 Å². The number of carbonyl (C=O) groups excluding carboxylic acids is 1. The van der Waals surface area contributed by atoms with Crippen molar-refractivity contribution in [1.82, 2.24) is 4.90 Å². The first kappa shape index (κ1) is 17.4. The van der Waals surface area contributed by atoms with Crippen LogP contribution < -0.4 is 4.74 Å². The van der Waals surface area contributed by atoms with Crippen molar-refractivity contribution in [2.24, 2.45) is 0 Å². The van der Waals surface area contributed by atoms with Gasteiger partial charge < -0.3 is 14.4 Å². The first-order valence-electron chi connectivity index (χ1n) is 8.45. The molecule has 0 saturated carbocycles. The van der Waals surface area contributed by atoms with Crippen LogP contribution in [-0.2, 0) is 11.3 Å². The lowest BCUT2D eigenvalue weighted by Crippen LogP contribution is -2.37. The number of carbonyl (C=O) groups is 1. The molecule has 132 valence electrons. The van der Waals surface area contributed by atoms with E-state index >= 15 is 0 Å². The fraction of sp³-hybridized carbons (Fsp3) is 0.350. The van der Waals surface area contributed by atoms with Gasteiger partial charge in [-0.15, -0.1) is 0 Å². The van der Waals surface area contributed by atoms with Crippen molar-refractivity contribution < 1.29 is 18.7 Å². The molecule has 4 nitrogen and oxygen atoms in total. The number of benzene rings is 2. The minimum atomic E-state index is -0.284. The number of hydrogen-bond acceptors (Lipinski definition) is 3. The normalized spacial score (nSPS) is 16.6. The average Bonchev–Trinajstić information content (AvgIpc) is 3.15. The number of hydrogen-bond donors (Lipinski definition) is 0. The van der Waals surface area contributed by atoms with Crippen LogP contribution >= 0.6 is 0 Å².